The number of aliphatic hydroxyl groups excluding tert-OH is 1. The number of hydrogen-bond acceptors (Lipinski definition) is 2. The molecule has 1 aliphatic heterocycles. The summed E-state index contributed by atoms with van der Waals surface area (Å²) < 4.78 is 1.03. The van der Waals surface area contributed by atoms with E-state index in [9.17, 15) is 5.11 Å². The Balaban J connectivity index is 2.07. The quantitative estimate of drug-likeness (QED) is 0.829. The van der Waals surface area contributed by atoms with Gasteiger partial charge in [0.1, 0.15) is 0 Å². The number of aryl methyl sites for hydroxylation is 1. The summed E-state index contributed by atoms with van der Waals surface area (Å²) in [6.07, 6.45) is 1.85. The Kier molecular flexibility index (Phi) is 4.05. The molecule has 0 fully saturated rings. The second-order valence-corrected chi connectivity index (χ2v) is 6.63. The van der Waals surface area contributed by atoms with Crippen molar-refractivity contribution < 1.29 is 5.11 Å². The average molecular weight is 346 g/mol. The fourth-order valence-electron chi connectivity index (χ4n) is 3.03. The normalized spacial score (nSPS) is 19.2. The largest absolute Gasteiger partial charge is 0.389 e. The number of para-hydroxylation sites is 1. The number of anilines is 2. The summed E-state index contributed by atoms with van der Waals surface area (Å²) >= 11 is 3.68. The maximum Gasteiger partial charge on any atom is 0.0762 e. The highest BCUT2D eigenvalue weighted by atomic mass is 79.9. The van der Waals surface area contributed by atoms with Gasteiger partial charge in [-0.3, -0.25) is 0 Å². The lowest BCUT2D eigenvalue weighted by Crippen LogP contribution is -2.33. The molecule has 2 aromatic carbocycles. The molecule has 1 heterocycles. The van der Waals surface area contributed by atoms with Gasteiger partial charge in [0, 0.05) is 16.2 Å². The molecule has 0 radical (unpaired) electrons. The summed E-state index contributed by atoms with van der Waals surface area (Å²) in [5.41, 5.74) is 4.80. The molecule has 0 spiro atoms. The van der Waals surface area contributed by atoms with Gasteiger partial charge in [0.05, 0.1) is 11.8 Å². The van der Waals surface area contributed by atoms with Crippen LogP contribution in [-0.2, 0) is 6.42 Å². The summed E-state index contributed by atoms with van der Waals surface area (Å²) in [6, 6.07) is 15.2. The molecule has 0 aliphatic carbocycles. The van der Waals surface area contributed by atoms with Crippen LogP contribution in [0.3, 0.4) is 0 Å². The zero-order valence-electron chi connectivity index (χ0n) is 12.4. The summed E-state index contributed by atoms with van der Waals surface area (Å²) in [6.45, 7) is 4.06. The summed E-state index contributed by atoms with van der Waals surface area (Å²) in [4.78, 5) is 2.40. The van der Waals surface area contributed by atoms with Crippen LogP contribution < -0.4 is 4.90 Å². The van der Waals surface area contributed by atoms with E-state index < -0.39 is 6.10 Å². The number of nitrogens with zero attached hydrogens (tertiary/aromatic N) is 1. The van der Waals surface area contributed by atoms with E-state index in [4.69, 9.17) is 0 Å². The van der Waals surface area contributed by atoms with Crippen molar-refractivity contribution in [2.75, 3.05) is 4.90 Å². The van der Waals surface area contributed by atoms with Gasteiger partial charge in [-0.15, -0.1) is 0 Å². The number of benzene rings is 2. The Morgan fingerprint density at radius 2 is 1.95 bits per heavy atom. The summed E-state index contributed by atoms with van der Waals surface area (Å²) in [7, 11) is 0. The minimum atomic E-state index is -0.443. The zero-order chi connectivity index (χ0) is 15.0. The molecule has 0 amide bonds. The summed E-state index contributed by atoms with van der Waals surface area (Å²) in [5.74, 6) is 0. The van der Waals surface area contributed by atoms with Crippen molar-refractivity contribution in [3.63, 3.8) is 0 Å². The molecular weight excluding hydrogens is 326 g/mol. The van der Waals surface area contributed by atoms with Crippen molar-refractivity contribution in [3.05, 3.63) is 58.1 Å². The lowest BCUT2D eigenvalue weighted by atomic mass is 9.95. The topological polar surface area (TPSA) is 23.5 Å². The number of fused-ring (bicyclic) bond motifs is 1. The van der Waals surface area contributed by atoms with Crippen LogP contribution in [0.4, 0.5) is 11.4 Å². The van der Waals surface area contributed by atoms with E-state index in [0.717, 1.165) is 22.9 Å². The SMILES string of the molecule is CC1CCc2ccccc2N1c1ccc([C@@H](C)O)cc1Br. The van der Waals surface area contributed by atoms with Crippen molar-refractivity contribution in [2.45, 2.75) is 38.8 Å². The van der Waals surface area contributed by atoms with Gasteiger partial charge in [0.15, 0.2) is 0 Å². The number of rotatable bonds is 2. The van der Waals surface area contributed by atoms with Crippen molar-refractivity contribution >= 4 is 27.3 Å². The molecule has 0 aromatic heterocycles. The molecule has 1 unspecified atom stereocenters. The lowest BCUT2D eigenvalue weighted by Gasteiger charge is -2.37. The van der Waals surface area contributed by atoms with Gasteiger partial charge in [-0.2, -0.15) is 0 Å². The highest BCUT2D eigenvalue weighted by molar-refractivity contribution is 9.10. The van der Waals surface area contributed by atoms with Gasteiger partial charge in [-0.25, -0.2) is 0 Å². The van der Waals surface area contributed by atoms with Crippen LogP contribution in [0.5, 0.6) is 0 Å². The lowest BCUT2D eigenvalue weighted by molar-refractivity contribution is 0.199. The van der Waals surface area contributed by atoms with Crippen LogP contribution in [0.1, 0.15) is 37.5 Å². The second-order valence-electron chi connectivity index (χ2n) is 5.77. The van der Waals surface area contributed by atoms with Gasteiger partial charge in [0.2, 0.25) is 0 Å². The van der Waals surface area contributed by atoms with E-state index >= 15 is 0 Å². The molecule has 2 nitrogen and oxygen atoms in total. The number of hydrogen-bond donors (Lipinski definition) is 1. The maximum absolute atomic E-state index is 9.72. The van der Waals surface area contributed by atoms with E-state index in [2.05, 4.69) is 58.1 Å². The molecule has 0 saturated heterocycles. The first kappa shape index (κ1) is 14.6. The van der Waals surface area contributed by atoms with Gasteiger partial charge in [0.25, 0.3) is 0 Å². The molecular formula is C18H20BrNO. The summed E-state index contributed by atoms with van der Waals surface area (Å²) in [5, 5.41) is 9.72. The predicted molar refractivity (Wildman–Crippen MR) is 91.1 cm³/mol. The van der Waals surface area contributed by atoms with Crippen LogP contribution in [0, 0.1) is 0 Å². The molecule has 1 aliphatic rings. The predicted octanol–water partition coefficient (Wildman–Crippen LogP) is 4.98. The first-order valence-electron chi connectivity index (χ1n) is 7.42. The van der Waals surface area contributed by atoms with Crippen LogP contribution in [0.15, 0.2) is 46.9 Å². The van der Waals surface area contributed by atoms with E-state index in [0.29, 0.717) is 6.04 Å². The minimum Gasteiger partial charge on any atom is -0.389 e. The molecule has 21 heavy (non-hydrogen) atoms. The van der Waals surface area contributed by atoms with Gasteiger partial charge >= 0.3 is 0 Å². The van der Waals surface area contributed by atoms with Crippen LogP contribution >= 0.6 is 15.9 Å². The van der Waals surface area contributed by atoms with Gasteiger partial charge in [-0.1, -0.05) is 24.3 Å². The fourth-order valence-corrected chi connectivity index (χ4v) is 3.62. The minimum absolute atomic E-state index is 0.443. The van der Waals surface area contributed by atoms with Crippen molar-refractivity contribution in [3.8, 4) is 0 Å². The zero-order valence-corrected chi connectivity index (χ0v) is 14.0. The highest BCUT2D eigenvalue weighted by Gasteiger charge is 2.25. The number of halogens is 1. The average Bonchev–Trinajstić information content (AvgIpc) is 2.48. The molecule has 3 rings (SSSR count). The Hall–Kier alpha value is -1.32. The molecule has 0 bridgehead atoms. The standard InChI is InChI=1S/C18H20BrNO/c1-12-7-8-14-5-3-4-6-17(14)20(12)18-10-9-15(13(2)21)11-16(18)19/h3-6,9-13,21H,7-8H2,1-2H3/t12?,13-/m1/s1. The van der Waals surface area contributed by atoms with Crippen molar-refractivity contribution in [1.29, 1.82) is 0 Å². The Labute approximate surface area is 134 Å². The van der Waals surface area contributed by atoms with Gasteiger partial charge < -0.3 is 10.0 Å². The second kappa shape index (κ2) is 5.82. The Morgan fingerprint density at radius 1 is 1.19 bits per heavy atom. The Bertz CT molecular complexity index is 653. The maximum atomic E-state index is 9.72. The molecule has 1 N–H and O–H groups in total. The van der Waals surface area contributed by atoms with E-state index in [1.54, 1.807) is 6.92 Å². The van der Waals surface area contributed by atoms with Crippen molar-refractivity contribution in [1.82, 2.24) is 0 Å². The third-order valence-corrected chi connectivity index (χ3v) is 4.87. The van der Waals surface area contributed by atoms with E-state index in [1.165, 1.54) is 16.9 Å². The van der Waals surface area contributed by atoms with Crippen LogP contribution in [0.25, 0.3) is 0 Å². The van der Waals surface area contributed by atoms with E-state index in [1.807, 2.05) is 12.1 Å². The molecule has 2 atom stereocenters. The smallest absolute Gasteiger partial charge is 0.0762 e. The monoisotopic (exact) mass is 345 g/mol. The van der Waals surface area contributed by atoms with Crippen molar-refractivity contribution in [2.24, 2.45) is 0 Å². The molecule has 0 saturated carbocycles. The van der Waals surface area contributed by atoms with Crippen LogP contribution in [0.2, 0.25) is 0 Å². The molecule has 2 aromatic rings. The van der Waals surface area contributed by atoms with E-state index in [-0.39, 0.29) is 0 Å². The third-order valence-electron chi connectivity index (χ3n) is 4.24. The molecule has 3 heteroatoms. The number of aliphatic hydroxyl groups is 1. The van der Waals surface area contributed by atoms with Crippen LogP contribution in [-0.4, -0.2) is 11.1 Å². The third kappa shape index (κ3) is 2.72. The Morgan fingerprint density at radius 3 is 2.67 bits per heavy atom. The first-order chi connectivity index (χ1) is 10.1. The highest BCUT2D eigenvalue weighted by Crippen LogP contribution is 2.40. The molecule has 110 valence electrons. The first-order valence-corrected chi connectivity index (χ1v) is 8.22. The fraction of sp³-hybridized carbons (Fsp3) is 0.333. The van der Waals surface area contributed by atoms with Gasteiger partial charge in [-0.05, 0) is 71.9 Å².